The SMILES string of the molecule is COc1cccc([C@H]2c3c(C)nn(-c4ccccc4)c3N=C3N(Cc4ccccc4)c4ccccc4N32)c1OC. The molecular formula is C33H29N5O2. The number of anilines is 2. The van der Waals surface area contributed by atoms with Crippen LogP contribution < -0.4 is 19.3 Å². The van der Waals surface area contributed by atoms with Crippen LogP contribution in [-0.2, 0) is 6.54 Å². The number of nitrogens with zero attached hydrogens (tertiary/aromatic N) is 5. The molecule has 5 aromatic rings. The van der Waals surface area contributed by atoms with Gasteiger partial charge in [-0.15, -0.1) is 0 Å². The lowest BCUT2D eigenvalue weighted by Gasteiger charge is -2.36. The number of methoxy groups -OCH3 is 2. The van der Waals surface area contributed by atoms with Gasteiger partial charge in [-0.25, -0.2) is 4.68 Å². The zero-order chi connectivity index (χ0) is 27.2. The topological polar surface area (TPSA) is 55.1 Å². The quantitative estimate of drug-likeness (QED) is 0.243. The second-order valence-electron chi connectivity index (χ2n) is 9.90. The molecule has 0 amide bonds. The Morgan fingerprint density at radius 2 is 1.45 bits per heavy atom. The summed E-state index contributed by atoms with van der Waals surface area (Å²) in [6.45, 7) is 2.74. The van der Waals surface area contributed by atoms with Crippen molar-refractivity contribution in [1.29, 1.82) is 0 Å². The maximum absolute atomic E-state index is 5.99. The number of aliphatic imine (C=N–C) groups is 1. The molecule has 0 fully saturated rings. The third-order valence-corrected chi connectivity index (χ3v) is 7.62. The van der Waals surface area contributed by atoms with Crippen LogP contribution in [0, 0.1) is 6.92 Å². The van der Waals surface area contributed by atoms with Crippen LogP contribution in [0.5, 0.6) is 11.5 Å². The third kappa shape index (κ3) is 3.66. The van der Waals surface area contributed by atoms with E-state index in [1.54, 1.807) is 14.2 Å². The van der Waals surface area contributed by atoms with Crippen molar-refractivity contribution in [2.75, 3.05) is 24.0 Å². The molecule has 198 valence electrons. The maximum atomic E-state index is 5.99. The lowest BCUT2D eigenvalue weighted by molar-refractivity contribution is 0.350. The summed E-state index contributed by atoms with van der Waals surface area (Å²) in [6, 6.07) is 35.0. The predicted molar refractivity (Wildman–Crippen MR) is 158 cm³/mol. The highest BCUT2D eigenvalue weighted by Crippen LogP contribution is 2.53. The van der Waals surface area contributed by atoms with E-state index < -0.39 is 0 Å². The molecule has 0 unspecified atom stereocenters. The zero-order valence-electron chi connectivity index (χ0n) is 22.7. The molecule has 0 bridgehead atoms. The summed E-state index contributed by atoms with van der Waals surface area (Å²) < 4.78 is 13.7. The highest BCUT2D eigenvalue weighted by molar-refractivity contribution is 6.18. The summed E-state index contributed by atoms with van der Waals surface area (Å²) in [6.07, 6.45) is 0. The summed E-state index contributed by atoms with van der Waals surface area (Å²) in [5, 5.41) is 5.02. The number of rotatable bonds is 6. The van der Waals surface area contributed by atoms with Gasteiger partial charge in [-0.1, -0.05) is 72.8 Å². The van der Waals surface area contributed by atoms with Crippen molar-refractivity contribution in [2.45, 2.75) is 19.5 Å². The Hall–Kier alpha value is -5.04. The molecule has 3 heterocycles. The number of benzene rings is 4. The van der Waals surface area contributed by atoms with Gasteiger partial charge in [0.15, 0.2) is 17.3 Å². The second kappa shape index (κ2) is 9.61. The summed E-state index contributed by atoms with van der Waals surface area (Å²) in [4.78, 5) is 9.99. The normalized spacial score (nSPS) is 15.3. The van der Waals surface area contributed by atoms with E-state index in [1.807, 2.05) is 41.1 Å². The summed E-state index contributed by atoms with van der Waals surface area (Å²) in [7, 11) is 3.37. The van der Waals surface area contributed by atoms with Gasteiger partial charge < -0.3 is 14.4 Å². The Morgan fingerprint density at radius 1 is 0.750 bits per heavy atom. The fourth-order valence-electron chi connectivity index (χ4n) is 5.88. The number of hydrogen-bond donors (Lipinski definition) is 0. The summed E-state index contributed by atoms with van der Waals surface area (Å²) in [5.41, 5.74) is 7.30. The molecule has 0 spiro atoms. The maximum Gasteiger partial charge on any atom is 0.213 e. The van der Waals surface area contributed by atoms with Gasteiger partial charge in [-0.3, -0.25) is 4.90 Å². The molecule has 2 aliphatic rings. The molecule has 0 radical (unpaired) electrons. The van der Waals surface area contributed by atoms with Gasteiger partial charge in [0.1, 0.15) is 0 Å². The van der Waals surface area contributed by atoms with Crippen molar-refractivity contribution in [3.8, 4) is 17.2 Å². The lowest BCUT2D eigenvalue weighted by Crippen LogP contribution is -2.43. The summed E-state index contributed by atoms with van der Waals surface area (Å²) >= 11 is 0. The molecule has 7 rings (SSSR count). The minimum absolute atomic E-state index is 0.244. The highest BCUT2D eigenvalue weighted by atomic mass is 16.5. The van der Waals surface area contributed by atoms with E-state index in [2.05, 4.69) is 83.5 Å². The van der Waals surface area contributed by atoms with Crippen LogP contribution in [0.4, 0.5) is 17.2 Å². The molecule has 0 N–H and O–H groups in total. The zero-order valence-corrected chi connectivity index (χ0v) is 22.7. The molecule has 40 heavy (non-hydrogen) atoms. The van der Waals surface area contributed by atoms with Gasteiger partial charge >= 0.3 is 0 Å². The van der Waals surface area contributed by atoms with E-state index >= 15 is 0 Å². The fraction of sp³-hybridized carbons (Fsp3) is 0.152. The van der Waals surface area contributed by atoms with Gasteiger partial charge in [0.25, 0.3) is 0 Å². The van der Waals surface area contributed by atoms with E-state index in [1.165, 1.54) is 5.56 Å². The van der Waals surface area contributed by atoms with E-state index in [-0.39, 0.29) is 6.04 Å². The third-order valence-electron chi connectivity index (χ3n) is 7.62. The first-order valence-corrected chi connectivity index (χ1v) is 13.3. The molecule has 1 aromatic heterocycles. The Morgan fingerprint density at radius 3 is 2.17 bits per heavy atom. The van der Waals surface area contributed by atoms with E-state index in [4.69, 9.17) is 19.6 Å². The molecule has 4 aromatic carbocycles. The van der Waals surface area contributed by atoms with Gasteiger partial charge in [0.05, 0.1) is 49.6 Å². The average Bonchev–Trinajstić information content (AvgIpc) is 3.51. The van der Waals surface area contributed by atoms with Gasteiger partial charge in [0.2, 0.25) is 5.96 Å². The largest absolute Gasteiger partial charge is 0.493 e. The number of hydrogen-bond acceptors (Lipinski definition) is 6. The fourth-order valence-corrected chi connectivity index (χ4v) is 5.88. The van der Waals surface area contributed by atoms with Crippen molar-refractivity contribution in [2.24, 2.45) is 4.99 Å². The Labute approximate surface area is 233 Å². The molecular weight excluding hydrogens is 498 g/mol. The lowest BCUT2D eigenvalue weighted by atomic mass is 9.94. The number of guanidine groups is 1. The monoisotopic (exact) mass is 527 g/mol. The minimum Gasteiger partial charge on any atom is -0.493 e. The number of fused-ring (bicyclic) bond motifs is 4. The van der Waals surface area contributed by atoms with Crippen molar-refractivity contribution in [3.63, 3.8) is 0 Å². The van der Waals surface area contributed by atoms with Crippen molar-refractivity contribution < 1.29 is 9.47 Å². The molecule has 2 aliphatic heterocycles. The number of aromatic nitrogens is 2. The van der Waals surface area contributed by atoms with Crippen molar-refractivity contribution in [3.05, 3.63) is 126 Å². The minimum atomic E-state index is -0.244. The van der Waals surface area contributed by atoms with Crippen LogP contribution in [0.25, 0.3) is 5.69 Å². The molecule has 7 nitrogen and oxygen atoms in total. The predicted octanol–water partition coefficient (Wildman–Crippen LogP) is 6.82. The first kappa shape index (κ1) is 24.0. The average molecular weight is 528 g/mol. The molecule has 0 saturated carbocycles. The van der Waals surface area contributed by atoms with Crippen LogP contribution in [0.15, 0.2) is 108 Å². The van der Waals surface area contributed by atoms with E-state index in [0.29, 0.717) is 18.0 Å². The van der Waals surface area contributed by atoms with Gasteiger partial charge in [-0.05, 0) is 42.8 Å². The number of ether oxygens (including phenoxy) is 2. The van der Waals surface area contributed by atoms with E-state index in [0.717, 1.165) is 45.7 Å². The molecule has 0 aliphatic carbocycles. The first-order chi connectivity index (χ1) is 19.7. The number of aryl methyl sites for hydroxylation is 1. The van der Waals surface area contributed by atoms with Crippen LogP contribution in [0.2, 0.25) is 0 Å². The van der Waals surface area contributed by atoms with Crippen LogP contribution in [0.1, 0.15) is 28.4 Å². The molecule has 7 heteroatoms. The first-order valence-electron chi connectivity index (χ1n) is 13.3. The highest BCUT2D eigenvalue weighted by Gasteiger charge is 2.45. The van der Waals surface area contributed by atoms with E-state index in [9.17, 15) is 0 Å². The Bertz CT molecular complexity index is 1730. The molecule has 0 saturated heterocycles. The van der Waals surface area contributed by atoms with Gasteiger partial charge in [0, 0.05) is 11.1 Å². The van der Waals surface area contributed by atoms with Crippen molar-refractivity contribution >= 4 is 23.2 Å². The van der Waals surface area contributed by atoms with Crippen molar-refractivity contribution in [1.82, 2.24) is 9.78 Å². The second-order valence-corrected chi connectivity index (χ2v) is 9.90. The summed E-state index contributed by atoms with van der Waals surface area (Å²) in [5.74, 6) is 3.06. The van der Waals surface area contributed by atoms with Crippen LogP contribution >= 0.6 is 0 Å². The van der Waals surface area contributed by atoms with Crippen LogP contribution in [0.3, 0.4) is 0 Å². The van der Waals surface area contributed by atoms with Gasteiger partial charge in [-0.2, -0.15) is 10.1 Å². The standard InChI is InChI=1S/C33H29N5O2/c1-22-29-30(25-17-12-20-28(39-2)31(25)40-3)37-27-19-11-10-18-26(27)36(21-23-13-6-4-7-14-23)33(37)34-32(29)38(35-22)24-15-8-5-9-16-24/h4-20,30H,21H2,1-3H3/t30-/m0/s1. The molecule has 1 atom stereocenters. The van der Waals surface area contributed by atoms with Crippen LogP contribution in [-0.4, -0.2) is 30.0 Å². The smallest absolute Gasteiger partial charge is 0.213 e. The Kier molecular flexibility index (Phi) is 5.77. The number of para-hydroxylation sites is 4. The Balaban J connectivity index is 1.51.